The Morgan fingerprint density at radius 3 is 2.40 bits per heavy atom. The first-order valence-corrected chi connectivity index (χ1v) is 9.09. The molecule has 25 heavy (non-hydrogen) atoms. The van der Waals surface area contributed by atoms with Crippen LogP contribution in [-0.2, 0) is 11.3 Å². The van der Waals surface area contributed by atoms with Gasteiger partial charge in [-0.3, -0.25) is 4.79 Å². The summed E-state index contributed by atoms with van der Waals surface area (Å²) in [6.07, 6.45) is 3.08. The van der Waals surface area contributed by atoms with Crippen LogP contribution in [0.4, 0.5) is 11.4 Å². The minimum atomic E-state index is 0.157. The van der Waals surface area contributed by atoms with Gasteiger partial charge in [-0.05, 0) is 42.7 Å². The van der Waals surface area contributed by atoms with Crippen molar-refractivity contribution in [2.24, 2.45) is 0 Å². The highest BCUT2D eigenvalue weighted by molar-refractivity contribution is 5.76. The molecule has 0 aliphatic carbocycles. The summed E-state index contributed by atoms with van der Waals surface area (Å²) in [5.41, 5.74) is 3.52. The quantitative estimate of drug-likeness (QED) is 0.836. The zero-order valence-electron chi connectivity index (χ0n) is 14.9. The van der Waals surface area contributed by atoms with Gasteiger partial charge in [-0.15, -0.1) is 0 Å². The average molecular weight is 337 g/mol. The Hall–Kier alpha value is -2.49. The predicted octanol–water partition coefficient (Wildman–Crippen LogP) is 3.75. The third-order valence-electron chi connectivity index (χ3n) is 4.69. The topological polar surface area (TPSA) is 35.6 Å². The van der Waals surface area contributed by atoms with E-state index in [0.29, 0.717) is 19.5 Å². The minimum Gasteiger partial charge on any atom is -0.385 e. The molecule has 0 spiro atoms. The van der Waals surface area contributed by atoms with E-state index in [1.807, 2.05) is 37.4 Å². The van der Waals surface area contributed by atoms with E-state index >= 15 is 0 Å². The predicted molar refractivity (Wildman–Crippen MR) is 104 cm³/mol. The fourth-order valence-electron chi connectivity index (χ4n) is 3.22. The standard InChI is InChI=1S/C21H27N3O/c1-23(17-18-7-3-2-4-8-18)21(25)13-14-22-19-9-11-20(12-10-19)24-15-5-6-16-24/h2-4,7-12,22H,5-6,13-17H2,1H3. The average Bonchev–Trinajstić information content (AvgIpc) is 3.18. The second kappa shape index (κ2) is 8.56. The van der Waals surface area contributed by atoms with E-state index < -0.39 is 0 Å². The van der Waals surface area contributed by atoms with Crippen molar-refractivity contribution in [3.63, 3.8) is 0 Å². The first kappa shape index (κ1) is 17.3. The number of anilines is 2. The summed E-state index contributed by atoms with van der Waals surface area (Å²) < 4.78 is 0. The molecule has 4 heteroatoms. The monoisotopic (exact) mass is 337 g/mol. The second-order valence-electron chi connectivity index (χ2n) is 6.65. The fraction of sp³-hybridized carbons (Fsp3) is 0.381. The van der Waals surface area contributed by atoms with Crippen molar-refractivity contribution in [3.8, 4) is 0 Å². The third-order valence-corrected chi connectivity index (χ3v) is 4.69. The van der Waals surface area contributed by atoms with E-state index in [1.54, 1.807) is 4.90 Å². The van der Waals surface area contributed by atoms with Gasteiger partial charge in [-0.25, -0.2) is 0 Å². The number of hydrogen-bond acceptors (Lipinski definition) is 3. The van der Waals surface area contributed by atoms with Crippen LogP contribution in [0.25, 0.3) is 0 Å². The van der Waals surface area contributed by atoms with Gasteiger partial charge in [-0.2, -0.15) is 0 Å². The molecule has 1 aliphatic heterocycles. The fourth-order valence-corrected chi connectivity index (χ4v) is 3.22. The van der Waals surface area contributed by atoms with Gasteiger partial charge in [0.2, 0.25) is 5.91 Å². The second-order valence-corrected chi connectivity index (χ2v) is 6.65. The van der Waals surface area contributed by atoms with Gasteiger partial charge in [0, 0.05) is 51.0 Å². The Balaban J connectivity index is 1.41. The van der Waals surface area contributed by atoms with Crippen LogP contribution < -0.4 is 10.2 Å². The molecule has 2 aromatic carbocycles. The van der Waals surface area contributed by atoms with Crippen molar-refractivity contribution >= 4 is 17.3 Å². The third kappa shape index (κ3) is 4.99. The van der Waals surface area contributed by atoms with Gasteiger partial charge >= 0.3 is 0 Å². The van der Waals surface area contributed by atoms with Crippen LogP contribution in [0.1, 0.15) is 24.8 Å². The lowest BCUT2D eigenvalue weighted by molar-refractivity contribution is -0.130. The normalized spacial score (nSPS) is 13.7. The maximum atomic E-state index is 12.2. The van der Waals surface area contributed by atoms with Crippen LogP contribution in [0.3, 0.4) is 0 Å². The number of carbonyl (C=O) groups excluding carboxylic acids is 1. The van der Waals surface area contributed by atoms with Crippen molar-refractivity contribution in [2.45, 2.75) is 25.8 Å². The zero-order valence-corrected chi connectivity index (χ0v) is 14.9. The van der Waals surface area contributed by atoms with Gasteiger partial charge in [0.25, 0.3) is 0 Å². The van der Waals surface area contributed by atoms with Gasteiger partial charge in [0.15, 0.2) is 0 Å². The molecule has 0 aromatic heterocycles. The molecule has 1 N–H and O–H groups in total. The van der Waals surface area contributed by atoms with Gasteiger partial charge in [-0.1, -0.05) is 30.3 Å². The molecule has 1 heterocycles. The van der Waals surface area contributed by atoms with Crippen LogP contribution in [0, 0.1) is 0 Å². The number of carbonyl (C=O) groups is 1. The van der Waals surface area contributed by atoms with Crippen LogP contribution >= 0.6 is 0 Å². The number of rotatable bonds is 7. The molecule has 0 bridgehead atoms. The maximum Gasteiger partial charge on any atom is 0.224 e. The zero-order chi connectivity index (χ0) is 17.5. The highest BCUT2D eigenvalue weighted by Crippen LogP contribution is 2.22. The van der Waals surface area contributed by atoms with Crippen molar-refractivity contribution < 1.29 is 4.79 Å². The SMILES string of the molecule is CN(Cc1ccccc1)C(=O)CCNc1ccc(N2CCCC2)cc1. The molecule has 0 radical (unpaired) electrons. The Morgan fingerprint density at radius 2 is 1.72 bits per heavy atom. The first-order chi connectivity index (χ1) is 12.2. The van der Waals surface area contributed by atoms with E-state index in [2.05, 4.69) is 34.5 Å². The summed E-state index contributed by atoms with van der Waals surface area (Å²) in [6.45, 7) is 3.63. The largest absolute Gasteiger partial charge is 0.385 e. The molecular weight excluding hydrogens is 310 g/mol. The molecular formula is C21H27N3O. The lowest BCUT2D eigenvalue weighted by Crippen LogP contribution is -2.27. The number of hydrogen-bond donors (Lipinski definition) is 1. The summed E-state index contributed by atoms with van der Waals surface area (Å²) in [4.78, 5) is 16.5. The van der Waals surface area contributed by atoms with Crippen LogP contribution in [0.2, 0.25) is 0 Å². The van der Waals surface area contributed by atoms with Crippen molar-refractivity contribution in [3.05, 3.63) is 60.2 Å². The molecule has 1 fully saturated rings. The maximum absolute atomic E-state index is 12.2. The summed E-state index contributed by atoms with van der Waals surface area (Å²) in [5, 5.41) is 3.35. The minimum absolute atomic E-state index is 0.157. The summed E-state index contributed by atoms with van der Waals surface area (Å²) in [5.74, 6) is 0.157. The molecule has 1 amide bonds. The molecule has 132 valence electrons. The Bertz CT molecular complexity index is 663. The summed E-state index contributed by atoms with van der Waals surface area (Å²) in [7, 11) is 1.86. The van der Waals surface area contributed by atoms with Crippen molar-refractivity contribution in [2.75, 3.05) is 36.9 Å². The van der Waals surface area contributed by atoms with E-state index in [9.17, 15) is 4.79 Å². The molecule has 0 unspecified atom stereocenters. The molecule has 3 rings (SSSR count). The van der Waals surface area contributed by atoms with Gasteiger partial charge < -0.3 is 15.1 Å². The van der Waals surface area contributed by atoms with E-state index in [4.69, 9.17) is 0 Å². The summed E-state index contributed by atoms with van der Waals surface area (Å²) in [6, 6.07) is 18.6. The number of nitrogens with one attached hydrogen (secondary N) is 1. The van der Waals surface area contributed by atoms with Gasteiger partial charge in [0.1, 0.15) is 0 Å². The molecule has 4 nitrogen and oxygen atoms in total. The molecule has 0 atom stereocenters. The lowest BCUT2D eigenvalue weighted by Gasteiger charge is -2.19. The van der Waals surface area contributed by atoms with E-state index in [-0.39, 0.29) is 5.91 Å². The van der Waals surface area contributed by atoms with Crippen LogP contribution in [-0.4, -0.2) is 37.5 Å². The van der Waals surface area contributed by atoms with Crippen molar-refractivity contribution in [1.82, 2.24) is 4.90 Å². The van der Waals surface area contributed by atoms with E-state index in [1.165, 1.54) is 18.5 Å². The molecule has 1 saturated heterocycles. The first-order valence-electron chi connectivity index (χ1n) is 9.09. The number of benzene rings is 2. The molecule has 0 saturated carbocycles. The number of nitrogens with zero attached hydrogens (tertiary/aromatic N) is 2. The van der Waals surface area contributed by atoms with E-state index in [0.717, 1.165) is 24.3 Å². The smallest absolute Gasteiger partial charge is 0.224 e. The highest BCUT2D eigenvalue weighted by atomic mass is 16.2. The Labute approximate surface area is 150 Å². The Morgan fingerprint density at radius 1 is 1.04 bits per heavy atom. The molecule has 2 aromatic rings. The van der Waals surface area contributed by atoms with Crippen LogP contribution in [0.15, 0.2) is 54.6 Å². The van der Waals surface area contributed by atoms with Crippen molar-refractivity contribution in [1.29, 1.82) is 0 Å². The number of amides is 1. The molecule has 1 aliphatic rings. The Kier molecular flexibility index (Phi) is 5.94. The summed E-state index contributed by atoms with van der Waals surface area (Å²) >= 11 is 0. The van der Waals surface area contributed by atoms with Crippen LogP contribution in [0.5, 0.6) is 0 Å². The lowest BCUT2D eigenvalue weighted by atomic mass is 10.2. The van der Waals surface area contributed by atoms with Gasteiger partial charge in [0.05, 0.1) is 0 Å². The highest BCUT2D eigenvalue weighted by Gasteiger charge is 2.12.